The molecule has 0 unspecified atom stereocenters. The molecular formula is C33H40N4O4S. The van der Waals surface area contributed by atoms with Gasteiger partial charge in [-0.1, -0.05) is 100 Å². The lowest BCUT2D eigenvalue weighted by Crippen LogP contribution is -2.57. The van der Waals surface area contributed by atoms with Gasteiger partial charge in [-0.15, -0.1) is 0 Å². The highest BCUT2D eigenvalue weighted by atomic mass is 32.2. The molecule has 2 aliphatic rings. The van der Waals surface area contributed by atoms with Crippen LogP contribution in [0.3, 0.4) is 0 Å². The van der Waals surface area contributed by atoms with E-state index < -0.39 is 18.0 Å². The average molecular weight is 589 g/mol. The predicted octanol–water partition coefficient (Wildman–Crippen LogP) is 4.56. The molecule has 0 radical (unpaired) electrons. The molecule has 0 aliphatic carbocycles. The molecule has 4 rings (SSSR count). The number of hydrogen-bond donors (Lipinski definition) is 1. The number of carbonyl (C=O) groups is 4. The number of benzene rings is 2. The van der Waals surface area contributed by atoms with Crippen molar-refractivity contribution in [2.24, 2.45) is 16.8 Å². The number of hydrogen-bond acceptors (Lipinski definition) is 6. The van der Waals surface area contributed by atoms with Crippen LogP contribution in [-0.4, -0.2) is 68.3 Å². The normalized spacial score (nSPS) is 19.0. The minimum Gasteiger partial charge on any atom is -0.344 e. The Balaban J connectivity index is 1.65. The van der Waals surface area contributed by atoms with Crippen LogP contribution < -0.4 is 5.32 Å². The maximum atomic E-state index is 14.0. The van der Waals surface area contributed by atoms with Gasteiger partial charge in [0.25, 0.3) is 5.91 Å². The number of nitrogens with one attached hydrogen (secondary N) is 1. The monoisotopic (exact) mass is 588 g/mol. The van der Waals surface area contributed by atoms with Crippen LogP contribution in [0.15, 0.2) is 71.9 Å². The fourth-order valence-corrected chi connectivity index (χ4v) is 6.12. The summed E-state index contributed by atoms with van der Waals surface area (Å²) in [7, 11) is 0. The highest BCUT2D eigenvalue weighted by Crippen LogP contribution is 2.33. The highest BCUT2D eigenvalue weighted by Gasteiger charge is 2.42. The number of Topliss-reactive ketones (excluding diaryl/α,β-unsaturated/α-hetero) is 1. The summed E-state index contributed by atoms with van der Waals surface area (Å²) in [6, 6.07) is 17.2. The van der Waals surface area contributed by atoms with E-state index in [4.69, 9.17) is 0 Å². The van der Waals surface area contributed by atoms with Gasteiger partial charge < -0.3 is 10.2 Å². The summed E-state index contributed by atoms with van der Waals surface area (Å²) >= 11 is 1.42. The standard InChI is InChI=1S/C33H40N4O4S/c1-21(2)28-32(41)36(26(24-15-11-8-12-16-24)18-37(28)31(40)22(3)4)19-27(38)35-25(17-23-13-9-7-10-14-23)29(39)30-34-20-33(5,6)42-30/h7-16,18,21-22,25,28H,17,19-20H2,1-6H3,(H,35,38)/t25-,28-/m0/s1. The maximum absolute atomic E-state index is 14.0. The van der Waals surface area contributed by atoms with Gasteiger partial charge in [0.05, 0.1) is 18.3 Å². The lowest BCUT2D eigenvalue weighted by molar-refractivity contribution is -0.147. The molecular weight excluding hydrogens is 548 g/mol. The molecule has 0 saturated carbocycles. The van der Waals surface area contributed by atoms with Crippen LogP contribution in [0.2, 0.25) is 0 Å². The van der Waals surface area contributed by atoms with Gasteiger partial charge in [0, 0.05) is 23.3 Å². The molecule has 2 aliphatic heterocycles. The molecule has 9 heteroatoms. The third kappa shape index (κ3) is 7.18. The van der Waals surface area contributed by atoms with E-state index in [1.165, 1.54) is 21.6 Å². The Hall–Kier alpha value is -3.72. The summed E-state index contributed by atoms with van der Waals surface area (Å²) in [6.45, 7) is 11.7. The largest absolute Gasteiger partial charge is 0.344 e. The summed E-state index contributed by atoms with van der Waals surface area (Å²) in [4.78, 5) is 62.0. The van der Waals surface area contributed by atoms with Gasteiger partial charge >= 0.3 is 0 Å². The Morgan fingerprint density at radius 1 is 1.00 bits per heavy atom. The second-order valence-electron chi connectivity index (χ2n) is 12.1. The molecule has 3 amide bonds. The minimum atomic E-state index is -0.844. The first-order chi connectivity index (χ1) is 19.9. The molecule has 8 nitrogen and oxygen atoms in total. The molecule has 0 bridgehead atoms. The van der Waals surface area contributed by atoms with Gasteiger partial charge in [-0.05, 0) is 30.9 Å². The van der Waals surface area contributed by atoms with Crippen molar-refractivity contribution in [1.29, 1.82) is 0 Å². The number of aliphatic imine (C=N–C) groups is 1. The van der Waals surface area contributed by atoms with Crippen molar-refractivity contribution in [3.63, 3.8) is 0 Å². The first-order valence-corrected chi connectivity index (χ1v) is 15.2. The maximum Gasteiger partial charge on any atom is 0.250 e. The fraction of sp³-hybridized carbons (Fsp3) is 0.424. The average Bonchev–Trinajstić information content (AvgIpc) is 3.32. The van der Waals surface area contributed by atoms with Crippen molar-refractivity contribution >= 4 is 46.0 Å². The third-order valence-corrected chi connectivity index (χ3v) is 8.45. The summed E-state index contributed by atoms with van der Waals surface area (Å²) in [6.07, 6.45) is 1.99. The molecule has 1 N–H and O–H groups in total. The van der Waals surface area contributed by atoms with Gasteiger partial charge in [-0.3, -0.25) is 29.1 Å². The van der Waals surface area contributed by atoms with E-state index in [9.17, 15) is 19.2 Å². The molecule has 0 saturated heterocycles. The molecule has 222 valence electrons. The van der Waals surface area contributed by atoms with E-state index in [0.717, 1.165) is 5.56 Å². The van der Waals surface area contributed by atoms with Gasteiger partial charge in [0.2, 0.25) is 17.6 Å². The quantitative estimate of drug-likeness (QED) is 0.439. The van der Waals surface area contributed by atoms with Crippen LogP contribution in [0.25, 0.3) is 5.70 Å². The van der Waals surface area contributed by atoms with Crippen molar-refractivity contribution in [2.45, 2.75) is 64.8 Å². The van der Waals surface area contributed by atoms with E-state index in [0.29, 0.717) is 29.3 Å². The van der Waals surface area contributed by atoms with Crippen LogP contribution in [0.1, 0.15) is 52.7 Å². The summed E-state index contributed by atoms with van der Waals surface area (Å²) < 4.78 is -0.187. The number of ketones is 1. The van der Waals surface area contributed by atoms with Gasteiger partial charge in [-0.25, -0.2) is 0 Å². The number of carbonyl (C=O) groups excluding carboxylic acids is 4. The van der Waals surface area contributed by atoms with Crippen LogP contribution in [-0.2, 0) is 25.6 Å². The van der Waals surface area contributed by atoms with E-state index in [2.05, 4.69) is 10.3 Å². The van der Waals surface area contributed by atoms with E-state index in [-0.39, 0.29) is 40.7 Å². The van der Waals surface area contributed by atoms with Crippen molar-refractivity contribution in [3.05, 3.63) is 78.0 Å². The van der Waals surface area contributed by atoms with Crippen molar-refractivity contribution in [2.75, 3.05) is 13.1 Å². The van der Waals surface area contributed by atoms with Crippen LogP contribution >= 0.6 is 11.8 Å². The lowest BCUT2D eigenvalue weighted by Gasteiger charge is -2.41. The molecule has 2 aromatic carbocycles. The van der Waals surface area contributed by atoms with E-state index in [1.807, 2.05) is 88.4 Å². The topological polar surface area (TPSA) is 99.2 Å². The second kappa shape index (κ2) is 13.1. The van der Waals surface area contributed by atoms with E-state index >= 15 is 0 Å². The zero-order chi connectivity index (χ0) is 30.6. The fourth-order valence-electron chi connectivity index (χ4n) is 5.10. The molecule has 42 heavy (non-hydrogen) atoms. The molecule has 2 heterocycles. The number of rotatable bonds is 10. The first kappa shape index (κ1) is 31.2. The molecule has 2 aromatic rings. The zero-order valence-corrected chi connectivity index (χ0v) is 26.0. The zero-order valence-electron chi connectivity index (χ0n) is 25.2. The molecule has 0 aromatic heterocycles. The van der Waals surface area contributed by atoms with Crippen LogP contribution in [0.5, 0.6) is 0 Å². The Morgan fingerprint density at radius 3 is 2.17 bits per heavy atom. The number of amides is 3. The van der Waals surface area contributed by atoms with E-state index in [1.54, 1.807) is 20.0 Å². The molecule has 2 atom stereocenters. The Bertz CT molecular complexity index is 1390. The summed E-state index contributed by atoms with van der Waals surface area (Å²) in [5, 5.41) is 3.33. The van der Waals surface area contributed by atoms with Crippen molar-refractivity contribution in [1.82, 2.24) is 15.1 Å². The van der Waals surface area contributed by atoms with Crippen molar-refractivity contribution in [3.8, 4) is 0 Å². The number of nitrogens with zero attached hydrogens (tertiary/aromatic N) is 3. The smallest absolute Gasteiger partial charge is 0.250 e. The molecule has 0 spiro atoms. The first-order valence-electron chi connectivity index (χ1n) is 14.4. The van der Waals surface area contributed by atoms with Gasteiger partial charge in [0.1, 0.15) is 17.6 Å². The summed E-state index contributed by atoms with van der Waals surface area (Å²) in [5.74, 6) is -1.70. The highest BCUT2D eigenvalue weighted by molar-refractivity contribution is 8.17. The Morgan fingerprint density at radius 2 is 1.62 bits per heavy atom. The number of thioether (sulfide) groups is 1. The SMILES string of the molecule is CC(C)C(=O)N1C=C(c2ccccc2)N(CC(=O)N[C@@H](Cc2ccccc2)C(=O)C2=NCC(C)(C)S2)C(=O)[C@@H]1C(C)C. The van der Waals surface area contributed by atoms with Gasteiger partial charge in [-0.2, -0.15) is 0 Å². The Kier molecular flexibility index (Phi) is 9.71. The summed E-state index contributed by atoms with van der Waals surface area (Å²) in [5.41, 5.74) is 2.07. The van der Waals surface area contributed by atoms with Gasteiger partial charge in [0.15, 0.2) is 0 Å². The lowest BCUT2D eigenvalue weighted by atomic mass is 9.95. The Labute approximate surface area is 252 Å². The van der Waals surface area contributed by atoms with Crippen LogP contribution in [0, 0.1) is 11.8 Å². The van der Waals surface area contributed by atoms with Crippen molar-refractivity contribution < 1.29 is 19.2 Å². The second-order valence-corrected chi connectivity index (χ2v) is 13.7. The van der Waals surface area contributed by atoms with Crippen LogP contribution in [0.4, 0.5) is 0 Å². The molecule has 0 fully saturated rings. The minimum absolute atomic E-state index is 0.161. The third-order valence-electron chi connectivity index (χ3n) is 7.24. The predicted molar refractivity (Wildman–Crippen MR) is 167 cm³/mol.